The molecule has 1 saturated carbocycles. The Bertz CT molecular complexity index is 589. The van der Waals surface area contributed by atoms with Gasteiger partial charge in [0.05, 0.1) is 0 Å². The number of aliphatic carboxylic acids is 1. The number of carboxylic acids is 1. The van der Waals surface area contributed by atoms with E-state index in [9.17, 15) is 9.59 Å². The van der Waals surface area contributed by atoms with E-state index >= 15 is 0 Å². The number of piperidine rings is 1. The van der Waals surface area contributed by atoms with Crippen molar-refractivity contribution in [1.82, 2.24) is 4.90 Å². The highest BCUT2D eigenvalue weighted by molar-refractivity contribution is 5.94. The largest absolute Gasteiger partial charge is 0.478 e. The molecule has 22 heavy (non-hydrogen) atoms. The Labute approximate surface area is 130 Å². The van der Waals surface area contributed by atoms with Crippen LogP contribution in [0.2, 0.25) is 0 Å². The Morgan fingerprint density at radius 2 is 1.68 bits per heavy atom. The maximum absolute atomic E-state index is 12.5. The van der Waals surface area contributed by atoms with Gasteiger partial charge in [0.2, 0.25) is 0 Å². The fourth-order valence-corrected chi connectivity index (χ4v) is 3.45. The van der Waals surface area contributed by atoms with Crippen LogP contribution in [0.5, 0.6) is 0 Å². The number of carboxylic acid groups (broad SMARTS) is 1. The van der Waals surface area contributed by atoms with Crippen LogP contribution in [0.25, 0.3) is 6.08 Å². The number of rotatable bonds is 3. The highest BCUT2D eigenvalue weighted by atomic mass is 16.4. The first-order chi connectivity index (χ1) is 10.6. The molecule has 4 heteroatoms. The maximum atomic E-state index is 12.5. The minimum absolute atomic E-state index is 0.0861. The van der Waals surface area contributed by atoms with Crippen LogP contribution < -0.4 is 0 Å². The van der Waals surface area contributed by atoms with E-state index in [1.54, 1.807) is 24.3 Å². The number of nitrogens with zero attached hydrogens (tertiary/aromatic N) is 1. The fraction of sp³-hybridized carbons (Fsp3) is 0.444. The van der Waals surface area contributed by atoms with Crippen molar-refractivity contribution in [2.75, 3.05) is 13.1 Å². The van der Waals surface area contributed by atoms with Crippen LogP contribution in [-0.4, -0.2) is 35.0 Å². The van der Waals surface area contributed by atoms with Crippen LogP contribution in [0.4, 0.5) is 0 Å². The Morgan fingerprint density at radius 1 is 1.05 bits per heavy atom. The van der Waals surface area contributed by atoms with E-state index in [2.05, 4.69) is 0 Å². The van der Waals surface area contributed by atoms with Gasteiger partial charge in [0.1, 0.15) is 0 Å². The minimum atomic E-state index is -0.974. The zero-order valence-electron chi connectivity index (χ0n) is 12.6. The number of carbonyl (C=O) groups is 2. The lowest BCUT2D eigenvalue weighted by molar-refractivity contribution is -0.131. The molecule has 1 aliphatic carbocycles. The topological polar surface area (TPSA) is 57.6 Å². The molecular weight excluding hydrogens is 278 g/mol. The van der Waals surface area contributed by atoms with Gasteiger partial charge in [0.25, 0.3) is 5.91 Å². The molecule has 1 heterocycles. The molecule has 0 unspecified atom stereocenters. The third kappa shape index (κ3) is 3.06. The number of carbonyl (C=O) groups excluding carboxylic acids is 1. The molecule has 1 N–H and O–H groups in total. The van der Waals surface area contributed by atoms with Crippen LogP contribution in [0.3, 0.4) is 0 Å². The molecule has 0 aromatic heterocycles. The third-order valence-corrected chi connectivity index (χ3v) is 5.10. The Hall–Kier alpha value is -2.10. The van der Waals surface area contributed by atoms with Gasteiger partial charge in [-0.2, -0.15) is 0 Å². The van der Waals surface area contributed by atoms with Crippen LogP contribution in [0.15, 0.2) is 30.3 Å². The van der Waals surface area contributed by atoms with Crippen molar-refractivity contribution in [3.05, 3.63) is 41.5 Å². The van der Waals surface area contributed by atoms with Crippen LogP contribution in [0, 0.1) is 5.41 Å². The molecule has 116 valence electrons. The molecule has 0 radical (unpaired) electrons. The number of hydrogen-bond acceptors (Lipinski definition) is 2. The fourth-order valence-electron chi connectivity index (χ4n) is 3.45. The van der Waals surface area contributed by atoms with Gasteiger partial charge in [-0.25, -0.2) is 4.79 Å². The standard InChI is InChI=1S/C18H21NO3/c20-16(21)7-4-14-2-5-15(6-3-14)17(22)19-12-10-18(11-13-19)8-1-9-18/h2-7H,1,8-13H2,(H,20,21)/b7-4+. The van der Waals surface area contributed by atoms with Crippen molar-refractivity contribution in [2.24, 2.45) is 5.41 Å². The van der Waals surface area contributed by atoms with E-state index in [-0.39, 0.29) is 5.91 Å². The predicted molar refractivity (Wildman–Crippen MR) is 84.5 cm³/mol. The number of likely N-dealkylation sites (tertiary alicyclic amines) is 1. The second-order valence-corrected chi connectivity index (χ2v) is 6.44. The summed E-state index contributed by atoms with van der Waals surface area (Å²) in [6.45, 7) is 1.72. The molecule has 1 aliphatic heterocycles. The Balaban J connectivity index is 1.61. The molecular formula is C18H21NO3. The van der Waals surface area contributed by atoms with Crippen LogP contribution >= 0.6 is 0 Å². The minimum Gasteiger partial charge on any atom is -0.478 e. The summed E-state index contributed by atoms with van der Waals surface area (Å²) in [5.41, 5.74) is 2.01. The van der Waals surface area contributed by atoms with Gasteiger partial charge < -0.3 is 10.0 Å². The summed E-state index contributed by atoms with van der Waals surface area (Å²) in [6.07, 6.45) is 8.91. The lowest BCUT2D eigenvalue weighted by atomic mass is 9.63. The van der Waals surface area contributed by atoms with Gasteiger partial charge in [0, 0.05) is 24.7 Å². The number of benzene rings is 1. The van der Waals surface area contributed by atoms with Crippen molar-refractivity contribution >= 4 is 18.0 Å². The lowest BCUT2D eigenvalue weighted by Gasteiger charge is -2.48. The summed E-state index contributed by atoms with van der Waals surface area (Å²) < 4.78 is 0. The molecule has 2 aliphatic rings. The zero-order valence-corrected chi connectivity index (χ0v) is 12.6. The quantitative estimate of drug-likeness (QED) is 0.872. The Kier molecular flexibility index (Phi) is 4.01. The van der Waals surface area contributed by atoms with Gasteiger partial charge in [-0.05, 0) is 54.9 Å². The van der Waals surface area contributed by atoms with E-state index in [1.165, 1.54) is 25.3 Å². The smallest absolute Gasteiger partial charge is 0.328 e. The highest BCUT2D eigenvalue weighted by Crippen LogP contribution is 2.48. The molecule has 4 nitrogen and oxygen atoms in total. The molecule has 0 atom stereocenters. The lowest BCUT2D eigenvalue weighted by Crippen LogP contribution is -2.45. The van der Waals surface area contributed by atoms with Gasteiger partial charge in [-0.1, -0.05) is 18.6 Å². The maximum Gasteiger partial charge on any atom is 0.328 e. The molecule has 1 aromatic rings. The second-order valence-electron chi connectivity index (χ2n) is 6.44. The monoisotopic (exact) mass is 299 g/mol. The average Bonchev–Trinajstić information content (AvgIpc) is 2.51. The van der Waals surface area contributed by atoms with Gasteiger partial charge in [-0.15, -0.1) is 0 Å². The molecule has 0 bridgehead atoms. The summed E-state index contributed by atoms with van der Waals surface area (Å²) >= 11 is 0. The summed E-state index contributed by atoms with van der Waals surface area (Å²) in [5.74, 6) is -0.888. The molecule has 3 rings (SSSR count). The summed E-state index contributed by atoms with van der Waals surface area (Å²) in [7, 11) is 0. The summed E-state index contributed by atoms with van der Waals surface area (Å²) in [6, 6.07) is 7.11. The number of hydrogen-bond donors (Lipinski definition) is 1. The summed E-state index contributed by atoms with van der Waals surface area (Å²) in [4.78, 5) is 24.9. The Morgan fingerprint density at radius 3 is 2.18 bits per heavy atom. The predicted octanol–water partition coefficient (Wildman–Crippen LogP) is 3.19. The summed E-state index contributed by atoms with van der Waals surface area (Å²) in [5, 5.41) is 8.61. The molecule has 1 amide bonds. The first kappa shape index (κ1) is 14.8. The van der Waals surface area contributed by atoms with E-state index in [0.29, 0.717) is 11.0 Å². The van der Waals surface area contributed by atoms with Gasteiger partial charge in [-0.3, -0.25) is 4.79 Å². The average molecular weight is 299 g/mol. The van der Waals surface area contributed by atoms with Gasteiger partial charge in [0.15, 0.2) is 0 Å². The van der Waals surface area contributed by atoms with Crippen LogP contribution in [-0.2, 0) is 4.79 Å². The van der Waals surface area contributed by atoms with Crippen molar-refractivity contribution in [3.63, 3.8) is 0 Å². The molecule has 1 spiro atoms. The van der Waals surface area contributed by atoms with E-state index in [4.69, 9.17) is 5.11 Å². The molecule has 1 saturated heterocycles. The van der Waals surface area contributed by atoms with Crippen molar-refractivity contribution in [1.29, 1.82) is 0 Å². The first-order valence-corrected chi connectivity index (χ1v) is 7.88. The van der Waals surface area contributed by atoms with Crippen molar-refractivity contribution in [3.8, 4) is 0 Å². The molecule has 1 aromatic carbocycles. The number of amides is 1. The van der Waals surface area contributed by atoms with E-state index in [0.717, 1.165) is 37.6 Å². The van der Waals surface area contributed by atoms with E-state index < -0.39 is 5.97 Å². The van der Waals surface area contributed by atoms with E-state index in [1.807, 2.05) is 4.90 Å². The third-order valence-electron chi connectivity index (χ3n) is 5.10. The van der Waals surface area contributed by atoms with Crippen molar-refractivity contribution < 1.29 is 14.7 Å². The second kappa shape index (κ2) is 5.95. The zero-order chi connectivity index (χ0) is 15.6. The van der Waals surface area contributed by atoms with Crippen molar-refractivity contribution in [2.45, 2.75) is 32.1 Å². The normalized spacial score (nSPS) is 20.1. The highest BCUT2D eigenvalue weighted by Gasteiger charge is 2.40. The van der Waals surface area contributed by atoms with Crippen LogP contribution in [0.1, 0.15) is 48.0 Å². The first-order valence-electron chi connectivity index (χ1n) is 7.88. The SMILES string of the molecule is O=C(O)/C=C/c1ccc(C(=O)N2CCC3(CCC3)CC2)cc1. The van der Waals surface area contributed by atoms with Gasteiger partial charge >= 0.3 is 5.97 Å². The molecule has 2 fully saturated rings.